The summed E-state index contributed by atoms with van der Waals surface area (Å²) in [6, 6.07) is 10.8. The summed E-state index contributed by atoms with van der Waals surface area (Å²) in [5.41, 5.74) is 1.25. The van der Waals surface area contributed by atoms with Crippen LogP contribution >= 0.6 is 24.8 Å². The van der Waals surface area contributed by atoms with Crippen LogP contribution in [0.15, 0.2) is 30.3 Å². The Morgan fingerprint density at radius 2 is 1.85 bits per heavy atom. The molecule has 0 bridgehead atoms. The van der Waals surface area contributed by atoms with Crippen molar-refractivity contribution < 1.29 is 4.79 Å². The molecule has 1 amide bonds. The van der Waals surface area contributed by atoms with Gasteiger partial charge in [0.25, 0.3) is 0 Å². The molecule has 2 aliphatic rings. The van der Waals surface area contributed by atoms with Gasteiger partial charge >= 0.3 is 0 Å². The van der Waals surface area contributed by atoms with E-state index >= 15 is 0 Å². The van der Waals surface area contributed by atoms with Crippen LogP contribution < -0.4 is 5.32 Å². The van der Waals surface area contributed by atoms with Crippen LogP contribution in [0.3, 0.4) is 0 Å². The first-order valence-electron chi connectivity index (χ1n) is 9.13. The molecular formula is C19H32Cl2N4O. The highest BCUT2D eigenvalue weighted by Gasteiger charge is 2.33. The van der Waals surface area contributed by atoms with Crippen LogP contribution in [0.2, 0.25) is 0 Å². The third kappa shape index (κ3) is 5.83. The van der Waals surface area contributed by atoms with Gasteiger partial charge in [-0.15, -0.1) is 24.8 Å². The maximum absolute atomic E-state index is 12.9. The van der Waals surface area contributed by atoms with Gasteiger partial charge in [0.05, 0.1) is 6.04 Å². The molecule has 0 saturated carbocycles. The molecule has 0 aromatic heterocycles. The molecule has 26 heavy (non-hydrogen) atoms. The molecule has 3 rings (SSSR count). The summed E-state index contributed by atoms with van der Waals surface area (Å²) < 4.78 is 0. The van der Waals surface area contributed by atoms with Crippen LogP contribution in [0.4, 0.5) is 0 Å². The predicted molar refractivity (Wildman–Crippen MR) is 111 cm³/mol. The Kier molecular flexibility index (Phi) is 9.90. The zero-order valence-electron chi connectivity index (χ0n) is 15.8. The Balaban J connectivity index is 0.00000169. The van der Waals surface area contributed by atoms with Crippen molar-refractivity contribution in [3.8, 4) is 0 Å². The van der Waals surface area contributed by atoms with Gasteiger partial charge in [0.15, 0.2) is 0 Å². The van der Waals surface area contributed by atoms with Crippen LogP contribution in [0.25, 0.3) is 0 Å². The van der Waals surface area contributed by atoms with Crippen LogP contribution in [-0.2, 0) is 11.3 Å². The molecule has 0 aliphatic carbocycles. The lowest BCUT2D eigenvalue weighted by Gasteiger charge is -2.33. The minimum Gasteiger partial charge on any atom is -0.340 e. The van der Waals surface area contributed by atoms with Gasteiger partial charge in [0, 0.05) is 51.9 Å². The van der Waals surface area contributed by atoms with Crippen LogP contribution in [0, 0.1) is 0 Å². The van der Waals surface area contributed by atoms with E-state index < -0.39 is 0 Å². The summed E-state index contributed by atoms with van der Waals surface area (Å²) in [7, 11) is 2.04. The summed E-state index contributed by atoms with van der Waals surface area (Å²) in [6.07, 6.45) is 1.11. The molecule has 1 aromatic rings. The smallest absolute Gasteiger partial charge is 0.239 e. The van der Waals surface area contributed by atoms with Crippen LogP contribution in [-0.4, -0.2) is 79.0 Å². The van der Waals surface area contributed by atoms with E-state index in [4.69, 9.17) is 0 Å². The third-order valence-corrected chi connectivity index (χ3v) is 5.44. The standard InChI is InChI=1S/C19H30N4O.2ClH/c1-16(21(2)14-17-6-4-3-5-7-17)19(24)23-11-8-18(15-23)22-12-9-20-10-13-22;;/h3-7,16,18,20H,8-15H2,1-2H3;2*1H. The predicted octanol–water partition coefficient (Wildman–Crippen LogP) is 1.86. The zero-order chi connectivity index (χ0) is 16.9. The quantitative estimate of drug-likeness (QED) is 0.815. The van der Waals surface area contributed by atoms with E-state index in [1.165, 1.54) is 5.56 Å². The number of likely N-dealkylation sites (N-methyl/N-ethyl adjacent to an activating group) is 1. The van der Waals surface area contributed by atoms with Crippen LogP contribution in [0.1, 0.15) is 18.9 Å². The van der Waals surface area contributed by atoms with Crippen molar-refractivity contribution in [2.45, 2.75) is 32.0 Å². The lowest BCUT2D eigenvalue weighted by molar-refractivity contribution is -0.135. The molecule has 0 spiro atoms. The van der Waals surface area contributed by atoms with E-state index in [0.717, 1.165) is 52.2 Å². The second-order valence-corrected chi connectivity index (χ2v) is 7.09. The highest BCUT2D eigenvalue weighted by Crippen LogP contribution is 2.18. The number of amides is 1. The summed E-state index contributed by atoms with van der Waals surface area (Å²) in [5.74, 6) is 0.270. The highest BCUT2D eigenvalue weighted by atomic mass is 35.5. The van der Waals surface area contributed by atoms with Gasteiger partial charge in [-0.3, -0.25) is 14.6 Å². The maximum atomic E-state index is 12.9. The summed E-state index contributed by atoms with van der Waals surface area (Å²) in [6.45, 7) is 8.99. The van der Waals surface area contributed by atoms with Gasteiger partial charge in [-0.25, -0.2) is 0 Å². The lowest BCUT2D eigenvalue weighted by Crippen LogP contribution is -2.50. The molecule has 2 saturated heterocycles. The molecule has 2 atom stereocenters. The molecule has 2 heterocycles. The number of hydrogen-bond acceptors (Lipinski definition) is 4. The second kappa shape index (κ2) is 11.1. The fourth-order valence-electron chi connectivity index (χ4n) is 3.75. The SMILES string of the molecule is CC(C(=O)N1CCC(N2CCNCC2)C1)N(C)Cc1ccccc1.Cl.Cl. The fourth-order valence-corrected chi connectivity index (χ4v) is 3.75. The van der Waals surface area contributed by atoms with Crippen LogP contribution in [0.5, 0.6) is 0 Å². The largest absolute Gasteiger partial charge is 0.340 e. The molecule has 1 N–H and O–H groups in total. The molecule has 5 nitrogen and oxygen atoms in total. The van der Waals surface area contributed by atoms with E-state index in [2.05, 4.69) is 32.1 Å². The summed E-state index contributed by atoms with van der Waals surface area (Å²) in [5, 5.41) is 3.40. The number of hydrogen-bond donors (Lipinski definition) is 1. The molecule has 7 heteroatoms. The Morgan fingerprint density at radius 1 is 1.19 bits per heavy atom. The normalized spacial score (nSPS) is 21.8. The second-order valence-electron chi connectivity index (χ2n) is 7.09. The van der Waals surface area contributed by atoms with Crippen molar-refractivity contribution in [3.63, 3.8) is 0 Å². The third-order valence-electron chi connectivity index (χ3n) is 5.44. The topological polar surface area (TPSA) is 38.8 Å². The Labute approximate surface area is 169 Å². The molecule has 1 aromatic carbocycles. The first-order valence-corrected chi connectivity index (χ1v) is 9.13. The minimum atomic E-state index is -0.0769. The van der Waals surface area contributed by atoms with Crippen molar-refractivity contribution in [1.29, 1.82) is 0 Å². The van der Waals surface area contributed by atoms with Crippen molar-refractivity contribution >= 4 is 30.7 Å². The van der Waals surface area contributed by atoms with Crippen molar-refractivity contribution in [3.05, 3.63) is 35.9 Å². The van der Waals surface area contributed by atoms with E-state index in [1.54, 1.807) is 0 Å². The number of carbonyl (C=O) groups is 1. The average molecular weight is 403 g/mol. The number of benzene rings is 1. The first kappa shape index (κ1) is 23.2. The van der Waals surface area contributed by atoms with Gasteiger partial charge in [0.1, 0.15) is 0 Å². The van der Waals surface area contributed by atoms with Crippen molar-refractivity contribution in [2.24, 2.45) is 0 Å². The molecule has 2 unspecified atom stereocenters. The lowest BCUT2D eigenvalue weighted by atomic mass is 10.2. The molecule has 2 aliphatic heterocycles. The zero-order valence-corrected chi connectivity index (χ0v) is 17.4. The minimum absolute atomic E-state index is 0. The Hall–Kier alpha value is -0.850. The Bertz CT molecular complexity index is 540. The number of nitrogens with zero attached hydrogens (tertiary/aromatic N) is 3. The van der Waals surface area contributed by atoms with Crippen molar-refractivity contribution in [1.82, 2.24) is 20.0 Å². The Morgan fingerprint density at radius 3 is 2.50 bits per heavy atom. The van der Waals surface area contributed by atoms with Gasteiger partial charge in [-0.1, -0.05) is 30.3 Å². The molecule has 2 fully saturated rings. The number of likely N-dealkylation sites (tertiary alicyclic amines) is 1. The van der Waals surface area contributed by atoms with E-state index in [9.17, 15) is 4.79 Å². The number of carbonyl (C=O) groups excluding carboxylic acids is 1. The number of rotatable bonds is 5. The number of nitrogens with one attached hydrogen (secondary N) is 1. The summed E-state index contributed by atoms with van der Waals surface area (Å²) >= 11 is 0. The van der Waals surface area contributed by atoms with E-state index in [1.807, 2.05) is 32.2 Å². The molecule has 148 valence electrons. The summed E-state index contributed by atoms with van der Waals surface area (Å²) in [4.78, 5) is 19.6. The van der Waals surface area contributed by atoms with Gasteiger partial charge in [0.2, 0.25) is 5.91 Å². The van der Waals surface area contributed by atoms with Gasteiger partial charge in [-0.2, -0.15) is 0 Å². The molecule has 0 radical (unpaired) electrons. The average Bonchev–Trinajstić information content (AvgIpc) is 3.12. The first-order chi connectivity index (χ1) is 11.6. The fraction of sp³-hybridized carbons (Fsp3) is 0.632. The van der Waals surface area contributed by atoms with Gasteiger partial charge in [-0.05, 0) is 26.0 Å². The van der Waals surface area contributed by atoms with E-state index in [0.29, 0.717) is 6.04 Å². The van der Waals surface area contributed by atoms with Crippen molar-refractivity contribution in [2.75, 3.05) is 46.3 Å². The number of piperazine rings is 1. The van der Waals surface area contributed by atoms with Gasteiger partial charge < -0.3 is 10.2 Å². The monoisotopic (exact) mass is 402 g/mol. The molecular weight excluding hydrogens is 371 g/mol. The highest BCUT2D eigenvalue weighted by molar-refractivity contribution is 5.85. The maximum Gasteiger partial charge on any atom is 0.239 e. The van der Waals surface area contributed by atoms with E-state index in [-0.39, 0.29) is 36.8 Å². The number of halogens is 2.